The van der Waals surface area contributed by atoms with Gasteiger partial charge in [-0.3, -0.25) is 4.79 Å². The van der Waals surface area contributed by atoms with E-state index in [1.807, 2.05) is 6.92 Å². The predicted octanol–water partition coefficient (Wildman–Crippen LogP) is 2.88. The molecule has 0 bridgehead atoms. The summed E-state index contributed by atoms with van der Waals surface area (Å²) in [6.45, 7) is 6.99. The van der Waals surface area contributed by atoms with E-state index in [4.69, 9.17) is 9.84 Å². The first-order valence-electron chi connectivity index (χ1n) is 9.22. The molecule has 0 saturated heterocycles. The van der Waals surface area contributed by atoms with Gasteiger partial charge in [0.25, 0.3) is 15.9 Å². The number of carboxylic acids is 1. The van der Waals surface area contributed by atoms with Crippen molar-refractivity contribution in [3.63, 3.8) is 0 Å². The zero-order valence-corrected chi connectivity index (χ0v) is 17.8. The van der Waals surface area contributed by atoms with E-state index >= 15 is 0 Å². The maximum Gasteiger partial charge on any atom is 0.335 e. The number of phenols is 1. The molecular weight excluding hydrogens is 410 g/mol. The Morgan fingerprint density at radius 3 is 2.23 bits per heavy atom. The van der Waals surface area contributed by atoms with Crippen LogP contribution in [0.15, 0.2) is 47.4 Å². The second kappa shape index (κ2) is 7.02. The fourth-order valence-electron chi connectivity index (χ4n) is 3.51. The third-order valence-electron chi connectivity index (χ3n) is 6.16. The first-order chi connectivity index (χ1) is 13.8. The Bertz CT molecular complexity index is 1120. The molecule has 1 heterocycles. The first kappa shape index (κ1) is 21.6. The van der Waals surface area contributed by atoms with Crippen LogP contribution < -0.4 is 9.46 Å². The molecule has 0 fully saturated rings. The second-order valence-electron chi connectivity index (χ2n) is 8.06. The van der Waals surface area contributed by atoms with Crippen LogP contribution in [-0.4, -0.2) is 36.1 Å². The number of benzene rings is 2. The van der Waals surface area contributed by atoms with Crippen molar-refractivity contribution in [1.82, 2.24) is 4.72 Å². The fraction of sp³-hybridized carbons (Fsp3) is 0.333. The number of amides is 1. The van der Waals surface area contributed by atoms with Gasteiger partial charge in [0.1, 0.15) is 11.5 Å². The van der Waals surface area contributed by atoms with Crippen molar-refractivity contribution in [1.29, 1.82) is 0 Å². The molecule has 8 nitrogen and oxygen atoms in total. The summed E-state index contributed by atoms with van der Waals surface area (Å²) in [5, 5.41) is 18.8. The molecule has 0 spiro atoms. The lowest BCUT2D eigenvalue weighted by Gasteiger charge is -2.50. The highest BCUT2D eigenvalue weighted by molar-refractivity contribution is 7.90. The van der Waals surface area contributed by atoms with Gasteiger partial charge in [0.2, 0.25) is 0 Å². The molecule has 1 aliphatic heterocycles. The largest absolute Gasteiger partial charge is 0.508 e. The molecule has 0 aliphatic carbocycles. The van der Waals surface area contributed by atoms with Gasteiger partial charge in [-0.2, -0.15) is 0 Å². The number of ether oxygens (including phenoxy) is 1. The van der Waals surface area contributed by atoms with Gasteiger partial charge in [0.05, 0.1) is 10.5 Å². The zero-order valence-electron chi connectivity index (χ0n) is 17.0. The molecule has 0 radical (unpaired) electrons. The van der Waals surface area contributed by atoms with E-state index < -0.39 is 32.9 Å². The van der Waals surface area contributed by atoms with Crippen molar-refractivity contribution < 1.29 is 33.0 Å². The van der Waals surface area contributed by atoms with Gasteiger partial charge in [0, 0.05) is 11.0 Å². The minimum atomic E-state index is -4.25. The van der Waals surface area contributed by atoms with Crippen LogP contribution in [0.4, 0.5) is 0 Å². The number of aromatic hydroxyl groups is 1. The minimum Gasteiger partial charge on any atom is -0.508 e. The second-order valence-corrected chi connectivity index (χ2v) is 9.75. The molecule has 1 amide bonds. The molecule has 9 heteroatoms. The van der Waals surface area contributed by atoms with Crippen molar-refractivity contribution in [3.8, 4) is 11.5 Å². The first-order valence-corrected chi connectivity index (χ1v) is 10.7. The van der Waals surface area contributed by atoms with Crippen LogP contribution in [0.1, 0.15) is 49.5 Å². The zero-order chi connectivity index (χ0) is 22.5. The Kier molecular flexibility index (Phi) is 5.06. The van der Waals surface area contributed by atoms with Gasteiger partial charge >= 0.3 is 5.97 Å². The summed E-state index contributed by atoms with van der Waals surface area (Å²) in [7, 11) is -4.25. The summed E-state index contributed by atoms with van der Waals surface area (Å²) in [5.41, 5.74) is -1.72. The van der Waals surface area contributed by atoms with Gasteiger partial charge in [-0.1, -0.05) is 20.8 Å². The smallest absolute Gasteiger partial charge is 0.335 e. The molecule has 2 unspecified atom stereocenters. The number of phenolic OH excluding ortho intramolecular Hbond substituents is 1. The SMILES string of the molecule is CC1c2cc(O)ccc2OC(C)(C(=O)NS(=O)(=O)c2ccc(C(=O)O)cc2)C1(C)C. The Morgan fingerprint density at radius 1 is 1.07 bits per heavy atom. The lowest BCUT2D eigenvalue weighted by atomic mass is 9.63. The van der Waals surface area contributed by atoms with Crippen LogP contribution in [-0.2, 0) is 14.8 Å². The molecule has 160 valence electrons. The minimum absolute atomic E-state index is 0.0699. The Hall–Kier alpha value is -3.07. The van der Waals surface area contributed by atoms with Crippen molar-refractivity contribution in [2.45, 2.75) is 44.1 Å². The van der Waals surface area contributed by atoms with Gasteiger partial charge in [-0.25, -0.2) is 17.9 Å². The Balaban J connectivity index is 1.95. The standard InChI is InChI=1S/C21H23NO7S/c1-12-16-11-14(23)7-10-17(16)29-21(4,20(12,2)3)19(26)22-30(27,28)15-8-5-13(6-9-15)18(24)25/h5-12,23H,1-4H3,(H,22,26)(H,24,25). The van der Waals surface area contributed by atoms with Gasteiger partial charge in [0.15, 0.2) is 5.60 Å². The quantitative estimate of drug-likeness (QED) is 0.676. The van der Waals surface area contributed by atoms with E-state index in [0.717, 1.165) is 29.8 Å². The molecule has 3 N–H and O–H groups in total. The lowest BCUT2D eigenvalue weighted by Crippen LogP contribution is -2.62. The number of carbonyl (C=O) groups excluding carboxylic acids is 1. The van der Waals surface area contributed by atoms with Crippen molar-refractivity contribution in [2.75, 3.05) is 0 Å². The molecule has 0 aromatic heterocycles. The molecule has 2 aromatic carbocycles. The third-order valence-corrected chi connectivity index (χ3v) is 7.50. The van der Waals surface area contributed by atoms with E-state index in [2.05, 4.69) is 4.72 Å². The average Bonchev–Trinajstić information content (AvgIpc) is 2.67. The van der Waals surface area contributed by atoms with Crippen LogP contribution in [0.5, 0.6) is 11.5 Å². The predicted molar refractivity (Wildman–Crippen MR) is 108 cm³/mol. The maximum atomic E-state index is 13.2. The number of nitrogens with one attached hydrogen (secondary N) is 1. The summed E-state index contributed by atoms with van der Waals surface area (Å²) in [6.07, 6.45) is 0. The summed E-state index contributed by atoms with van der Waals surface area (Å²) in [5.74, 6) is -1.81. The summed E-state index contributed by atoms with van der Waals surface area (Å²) < 4.78 is 33.5. The fourth-order valence-corrected chi connectivity index (χ4v) is 4.57. The number of carbonyl (C=O) groups is 2. The lowest BCUT2D eigenvalue weighted by molar-refractivity contribution is -0.148. The summed E-state index contributed by atoms with van der Waals surface area (Å²) >= 11 is 0. The highest BCUT2D eigenvalue weighted by Gasteiger charge is 2.56. The Labute approximate surface area is 174 Å². The monoisotopic (exact) mass is 433 g/mol. The maximum absolute atomic E-state index is 13.2. The van der Waals surface area contributed by atoms with Crippen molar-refractivity contribution in [2.24, 2.45) is 5.41 Å². The number of aromatic carboxylic acids is 1. The molecule has 2 aromatic rings. The van der Waals surface area contributed by atoms with Crippen LogP contribution in [0.25, 0.3) is 0 Å². The van der Waals surface area contributed by atoms with Crippen LogP contribution in [0.3, 0.4) is 0 Å². The number of fused-ring (bicyclic) bond motifs is 1. The van der Waals surface area contributed by atoms with Crippen molar-refractivity contribution >= 4 is 21.9 Å². The topological polar surface area (TPSA) is 130 Å². The molecule has 30 heavy (non-hydrogen) atoms. The summed E-state index contributed by atoms with van der Waals surface area (Å²) in [4.78, 5) is 23.9. The van der Waals surface area contributed by atoms with E-state index in [0.29, 0.717) is 5.75 Å². The molecule has 1 aliphatic rings. The third kappa shape index (κ3) is 3.39. The molecule has 3 rings (SSSR count). The van der Waals surface area contributed by atoms with Gasteiger partial charge < -0.3 is 14.9 Å². The van der Waals surface area contributed by atoms with Crippen molar-refractivity contribution in [3.05, 3.63) is 53.6 Å². The molecule has 2 atom stereocenters. The number of sulfonamides is 1. The van der Waals surface area contributed by atoms with E-state index in [1.165, 1.54) is 13.0 Å². The van der Waals surface area contributed by atoms with Crippen LogP contribution >= 0.6 is 0 Å². The van der Waals surface area contributed by atoms with Crippen LogP contribution in [0.2, 0.25) is 0 Å². The molecular formula is C21H23NO7S. The number of hydrogen-bond acceptors (Lipinski definition) is 6. The Morgan fingerprint density at radius 2 is 1.67 bits per heavy atom. The summed E-state index contributed by atoms with van der Waals surface area (Å²) in [6, 6.07) is 9.08. The number of rotatable bonds is 4. The number of hydrogen-bond donors (Lipinski definition) is 3. The van der Waals surface area contributed by atoms with Crippen LogP contribution in [0, 0.1) is 5.41 Å². The highest BCUT2D eigenvalue weighted by Crippen LogP contribution is 2.53. The van der Waals surface area contributed by atoms with E-state index in [-0.39, 0.29) is 22.1 Å². The van der Waals surface area contributed by atoms with E-state index in [1.54, 1.807) is 26.0 Å². The number of carboxylic acid groups (broad SMARTS) is 1. The normalized spacial score (nSPS) is 22.5. The van der Waals surface area contributed by atoms with Gasteiger partial charge in [-0.15, -0.1) is 0 Å². The molecule has 0 saturated carbocycles. The van der Waals surface area contributed by atoms with Gasteiger partial charge in [-0.05, 0) is 55.3 Å². The van der Waals surface area contributed by atoms with E-state index in [9.17, 15) is 23.1 Å². The highest BCUT2D eigenvalue weighted by atomic mass is 32.2. The average molecular weight is 433 g/mol.